The molecule has 0 aliphatic heterocycles. The lowest BCUT2D eigenvalue weighted by atomic mass is 10.1. The van der Waals surface area contributed by atoms with Crippen LogP contribution < -0.4 is 5.32 Å². The lowest BCUT2D eigenvalue weighted by Gasteiger charge is -2.13. The van der Waals surface area contributed by atoms with Gasteiger partial charge in [-0.25, -0.2) is 9.37 Å². The van der Waals surface area contributed by atoms with Crippen LogP contribution in [0.3, 0.4) is 0 Å². The Morgan fingerprint density at radius 1 is 1.23 bits per heavy atom. The molecule has 112 valence electrons. The van der Waals surface area contributed by atoms with E-state index >= 15 is 0 Å². The summed E-state index contributed by atoms with van der Waals surface area (Å²) < 4.78 is 12.9. The summed E-state index contributed by atoms with van der Waals surface area (Å²) in [5.74, 6) is -0.516. The quantitative estimate of drug-likeness (QED) is 0.764. The number of thiazole rings is 1. The van der Waals surface area contributed by atoms with E-state index < -0.39 is 0 Å². The Bertz CT molecular complexity index is 766. The van der Waals surface area contributed by atoms with E-state index in [9.17, 15) is 9.18 Å². The zero-order chi connectivity index (χ0) is 15.5. The van der Waals surface area contributed by atoms with Crippen LogP contribution in [0.15, 0.2) is 47.2 Å². The van der Waals surface area contributed by atoms with Crippen LogP contribution in [0.1, 0.15) is 29.0 Å². The Kier molecular flexibility index (Phi) is 4.31. The fourth-order valence-electron chi connectivity index (χ4n) is 2.00. The standard InChI is InChI=1S/C16H13FN2OS2/c1-10(11-4-6-12(17)7-5-11)18-15(20)13-9-22-16(19-13)14-3-2-8-21-14/h2-10H,1H3,(H,18,20). The van der Waals surface area contributed by atoms with E-state index in [1.165, 1.54) is 23.5 Å². The SMILES string of the molecule is CC(NC(=O)c1csc(-c2cccs2)n1)c1ccc(F)cc1. The van der Waals surface area contributed by atoms with Crippen molar-refractivity contribution in [2.75, 3.05) is 0 Å². The number of hydrogen-bond acceptors (Lipinski definition) is 4. The summed E-state index contributed by atoms with van der Waals surface area (Å²) in [5, 5.41) is 7.45. The average molecular weight is 332 g/mol. The van der Waals surface area contributed by atoms with Crippen LogP contribution in [0.4, 0.5) is 4.39 Å². The number of nitrogens with zero attached hydrogens (tertiary/aromatic N) is 1. The summed E-state index contributed by atoms with van der Waals surface area (Å²) in [6, 6.07) is 9.83. The van der Waals surface area contributed by atoms with Crippen molar-refractivity contribution in [1.82, 2.24) is 10.3 Å². The van der Waals surface area contributed by atoms with Crippen molar-refractivity contribution in [2.45, 2.75) is 13.0 Å². The minimum absolute atomic E-state index is 0.208. The molecule has 0 fully saturated rings. The summed E-state index contributed by atoms with van der Waals surface area (Å²) in [5.41, 5.74) is 1.26. The molecule has 1 amide bonds. The van der Waals surface area contributed by atoms with Gasteiger partial charge in [-0.05, 0) is 36.1 Å². The fraction of sp³-hybridized carbons (Fsp3) is 0.125. The fourth-order valence-corrected chi connectivity index (χ4v) is 3.61. The molecule has 0 saturated carbocycles. The number of thiophene rings is 1. The molecule has 1 N–H and O–H groups in total. The monoisotopic (exact) mass is 332 g/mol. The molecule has 0 radical (unpaired) electrons. The largest absolute Gasteiger partial charge is 0.344 e. The van der Waals surface area contributed by atoms with Gasteiger partial charge in [-0.2, -0.15) is 0 Å². The lowest BCUT2D eigenvalue weighted by molar-refractivity contribution is 0.0935. The molecule has 0 aliphatic carbocycles. The number of carbonyl (C=O) groups is 1. The highest BCUT2D eigenvalue weighted by Gasteiger charge is 2.15. The van der Waals surface area contributed by atoms with Crippen LogP contribution in [-0.2, 0) is 0 Å². The summed E-state index contributed by atoms with van der Waals surface area (Å²) in [7, 11) is 0. The van der Waals surface area contributed by atoms with Crippen LogP contribution in [0.2, 0.25) is 0 Å². The first-order valence-electron chi connectivity index (χ1n) is 6.69. The maximum atomic E-state index is 12.9. The van der Waals surface area contributed by atoms with Gasteiger partial charge in [0, 0.05) is 5.38 Å². The molecular formula is C16H13FN2OS2. The zero-order valence-corrected chi connectivity index (χ0v) is 13.4. The number of nitrogens with one attached hydrogen (secondary N) is 1. The van der Waals surface area contributed by atoms with Crippen LogP contribution in [-0.4, -0.2) is 10.9 Å². The number of rotatable bonds is 4. The number of hydrogen-bond donors (Lipinski definition) is 1. The number of benzene rings is 1. The van der Waals surface area contributed by atoms with Crippen molar-refractivity contribution in [3.05, 3.63) is 64.2 Å². The molecule has 1 atom stereocenters. The Hall–Kier alpha value is -2.05. The first-order chi connectivity index (χ1) is 10.6. The highest BCUT2D eigenvalue weighted by Crippen LogP contribution is 2.28. The predicted molar refractivity (Wildman–Crippen MR) is 87.7 cm³/mol. The highest BCUT2D eigenvalue weighted by atomic mass is 32.1. The van der Waals surface area contributed by atoms with Gasteiger partial charge >= 0.3 is 0 Å². The van der Waals surface area contributed by atoms with Gasteiger partial charge in [0.25, 0.3) is 5.91 Å². The smallest absolute Gasteiger partial charge is 0.271 e. The molecule has 0 spiro atoms. The van der Waals surface area contributed by atoms with Gasteiger partial charge in [0.15, 0.2) is 0 Å². The van der Waals surface area contributed by atoms with Gasteiger partial charge in [0.05, 0.1) is 10.9 Å². The van der Waals surface area contributed by atoms with E-state index in [0.717, 1.165) is 15.4 Å². The summed E-state index contributed by atoms with van der Waals surface area (Å²) in [6.45, 7) is 1.86. The second-order valence-corrected chi connectivity index (χ2v) is 6.57. The maximum Gasteiger partial charge on any atom is 0.271 e. The van der Waals surface area contributed by atoms with Gasteiger partial charge in [0.1, 0.15) is 16.5 Å². The van der Waals surface area contributed by atoms with Crippen molar-refractivity contribution in [3.8, 4) is 9.88 Å². The molecule has 0 bridgehead atoms. The first-order valence-corrected chi connectivity index (χ1v) is 8.45. The average Bonchev–Trinajstić information content (AvgIpc) is 3.19. The molecule has 2 aromatic heterocycles. The third-order valence-electron chi connectivity index (χ3n) is 3.19. The summed E-state index contributed by atoms with van der Waals surface area (Å²) in [4.78, 5) is 17.7. The summed E-state index contributed by atoms with van der Waals surface area (Å²) >= 11 is 3.04. The minimum atomic E-state index is -0.289. The molecule has 3 rings (SSSR count). The molecule has 22 heavy (non-hydrogen) atoms. The predicted octanol–water partition coefficient (Wildman–Crippen LogP) is 4.50. The Balaban J connectivity index is 1.70. The molecule has 3 aromatic rings. The molecule has 0 aliphatic rings. The second kappa shape index (κ2) is 6.37. The second-order valence-electron chi connectivity index (χ2n) is 4.76. The van der Waals surface area contributed by atoms with Gasteiger partial charge in [-0.3, -0.25) is 4.79 Å². The van der Waals surface area contributed by atoms with E-state index in [1.807, 2.05) is 24.4 Å². The van der Waals surface area contributed by atoms with E-state index in [-0.39, 0.29) is 17.8 Å². The molecule has 0 saturated heterocycles. The van der Waals surface area contributed by atoms with Crippen molar-refractivity contribution < 1.29 is 9.18 Å². The van der Waals surface area contributed by atoms with E-state index in [4.69, 9.17) is 0 Å². The van der Waals surface area contributed by atoms with Crippen LogP contribution >= 0.6 is 22.7 Å². The third-order valence-corrected chi connectivity index (χ3v) is 5.07. The van der Waals surface area contributed by atoms with E-state index in [1.54, 1.807) is 28.8 Å². The van der Waals surface area contributed by atoms with Crippen molar-refractivity contribution in [2.24, 2.45) is 0 Å². The number of amides is 1. The normalized spacial score (nSPS) is 12.1. The third kappa shape index (κ3) is 3.23. The van der Waals surface area contributed by atoms with Crippen molar-refractivity contribution in [3.63, 3.8) is 0 Å². The van der Waals surface area contributed by atoms with Crippen LogP contribution in [0.5, 0.6) is 0 Å². The first kappa shape index (κ1) is 14.9. The molecule has 2 heterocycles. The molecule has 6 heteroatoms. The molecule has 1 aromatic carbocycles. The van der Waals surface area contributed by atoms with Crippen molar-refractivity contribution >= 4 is 28.6 Å². The van der Waals surface area contributed by atoms with Crippen molar-refractivity contribution in [1.29, 1.82) is 0 Å². The Morgan fingerprint density at radius 3 is 2.68 bits per heavy atom. The Morgan fingerprint density at radius 2 is 2.00 bits per heavy atom. The van der Waals surface area contributed by atoms with Gasteiger partial charge < -0.3 is 5.32 Å². The molecule has 1 unspecified atom stereocenters. The van der Waals surface area contributed by atoms with Gasteiger partial charge in [-0.15, -0.1) is 22.7 Å². The zero-order valence-electron chi connectivity index (χ0n) is 11.7. The number of carbonyl (C=O) groups excluding carboxylic acids is 1. The number of halogens is 1. The van der Waals surface area contributed by atoms with Gasteiger partial charge in [0.2, 0.25) is 0 Å². The summed E-state index contributed by atoms with van der Waals surface area (Å²) in [6.07, 6.45) is 0. The van der Waals surface area contributed by atoms with E-state index in [2.05, 4.69) is 10.3 Å². The van der Waals surface area contributed by atoms with E-state index in [0.29, 0.717) is 5.69 Å². The molecule has 3 nitrogen and oxygen atoms in total. The highest BCUT2D eigenvalue weighted by molar-refractivity contribution is 7.20. The lowest BCUT2D eigenvalue weighted by Crippen LogP contribution is -2.26. The minimum Gasteiger partial charge on any atom is -0.344 e. The van der Waals surface area contributed by atoms with Crippen LogP contribution in [0.25, 0.3) is 9.88 Å². The van der Waals surface area contributed by atoms with Crippen LogP contribution in [0, 0.1) is 5.82 Å². The maximum absolute atomic E-state index is 12.9. The Labute approximate surface area is 135 Å². The van der Waals surface area contributed by atoms with Gasteiger partial charge in [-0.1, -0.05) is 18.2 Å². The molecular weight excluding hydrogens is 319 g/mol. The topological polar surface area (TPSA) is 42.0 Å². The number of aromatic nitrogens is 1.